The van der Waals surface area contributed by atoms with Gasteiger partial charge in [0.1, 0.15) is 11.5 Å². The second-order valence-corrected chi connectivity index (χ2v) is 5.34. The second kappa shape index (κ2) is 5.75. The molecule has 0 unspecified atom stereocenters. The minimum Gasteiger partial charge on any atom is -0.507 e. The Morgan fingerprint density at radius 3 is 1.50 bits per heavy atom. The number of aromatic hydroxyl groups is 2. The summed E-state index contributed by atoms with van der Waals surface area (Å²) in [6, 6.07) is 9.17. The average Bonchev–Trinajstić information content (AvgIpc) is 2.52. The Bertz CT molecular complexity index is 738. The van der Waals surface area contributed by atoms with Gasteiger partial charge in [-0.05, 0) is 36.4 Å². The van der Waals surface area contributed by atoms with Crippen LogP contribution in [-0.4, -0.2) is 21.9 Å². The van der Waals surface area contributed by atoms with Crippen molar-refractivity contribution in [2.45, 2.75) is 0 Å². The number of rotatable bonds is 2. The van der Waals surface area contributed by atoms with E-state index in [0.717, 1.165) is 0 Å². The molecule has 1 aliphatic heterocycles. The topological polar surface area (TPSA) is 89.2 Å². The minimum atomic E-state index is 0.0155. The molecule has 3 rings (SSSR count). The van der Waals surface area contributed by atoms with E-state index in [2.05, 4.69) is 21.1 Å². The maximum absolute atomic E-state index is 9.84. The van der Waals surface area contributed by atoms with Gasteiger partial charge < -0.3 is 10.2 Å². The van der Waals surface area contributed by atoms with Gasteiger partial charge in [0.2, 0.25) is 0 Å². The molecule has 0 radical (unpaired) electrons. The summed E-state index contributed by atoms with van der Waals surface area (Å²) in [4.78, 5) is 0. The van der Waals surface area contributed by atoms with Crippen LogP contribution in [0.25, 0.3) is 0 Å². The Balaban J connectivity index is 1.88. The van der Waals surface area contributed by atoms with Crippen LogP contribution in [0.3, 0.4) is 0 Å². The van der Waals surface area contributed by atoms with E-state index in [4.69, 9.17) is 23.2 Å². The van der Waals surface area contributed by atoms with Gasteiger partial charge in [-0.3, -0.25) is 10.9 Å². The number of nitrogens with one attached hydrogen (secondary N) is 2. The monoisotopic (exact) mass is 336 g/mol. The summed E-state index contributed by atoms with van der Waals surface area (Å²) in [5, 5.41) is 28.8. The molecule has 0 saturated carbocycles. The summed E-state index contributed by atoms with van der Waals surface area (Å²) < 4.78 is 0. The van der Waals surface area contributed by atoms with Gasteiger partial charge in [0.05, 0.1) is 11.1 Å². The summed E-state index contributed by atoms with van der Waals surface area (Å²) in [5.41, 5.74) is 6.20. The van der Waals surface area contributed by atoms with Gasteiger partial charge in [0.25, 0.3) is 0 Å². The predicted molar refractivity (Wildman–Crippen MR) is 85.6 cm³/mol. The van der Waals surface area contributed by atoms with Crippen LogP contribution in [0.15, 0.2) is 46.6 Å². The van der Waals surface area contributed by atoms with Crippen LogP contribution in [-0.2, 0) is 0 Å². The molecule has 0 aliphatic carbocycles. The second-order valence-electron chi connectivity index (χ2n) is 4.47. The first kappa shape index (κ1) is 14.5. The summed E-state index contributed by atoms with van der Waals surface area (Å²) >= 11 is 11.8. The van der Waals surface area contributed by atoms with E-state index in [1.165, 1.54) is 12.1 Å². The van der Waals surface area contributed by atoms with Crippen molar-refractivity contribution in [1.82, 2.24) is 10.9 Å². The molecule has 1 heterocycles. The molecule has 4 N–H and O–H groups in total. The molecular weight excluding hydrogens is 327 g/mol. The molecular formula is C14H10Cl2N4O2. The number of hydrazone groups is 2. The average molecular weight is 337 g/mol. The SMILES string of the molecule is Oc1ccc(Cl)cc1C1=NNC(c2cc(Cl)ccc2O)=NN1. The van der Waals surface area contributed by atoms with Gasteiger partial charge in [0.15, 0.2) is 11.7 Å². The molecule has 0 amide bonds. The first-order valence-corrected chi connectivity index (χ1v) is 6.95. The van der Waals surface area contributed by atoms with Crippen molar-refractivity contribution in [3.8, 4) is 11.5 Å². The van der Waals surface area contributed by atoms with Gasteiger partial charge >= 0.3 is 0 Å². The van der Waals surface area contributed by atoms with Crippen LogP contribution in [0.4, 0.5) is 0 Å². The molecule has 112 valence electrons. The zero-order valence-electron chi connectivity index (χ0n) is 11.0. The largest absolute Gasteiger partial charge is 0.507 e. The van der Waals surface area contributed by atoms with Crippen molar-refractivity contribution < 1.29 is 10.2 Å². The predicted octanol–water partition coefficient (Wildman–Crippen LogP) is 2.62. The molecule has 0 saturated heterocycles. The molecule has 0 spiro atoms. The smallest absolute Gasteiger partial charge is 0.177 e. The molecule has 2 aromatic rings. The first-order chi connectivity index (χ1) is 10.5. The standard InChI is InChI=1S/C14H10Cl2N4O2/c15-7-1-3-11(21)9(5-7)13-17-19-14(20-18-13)10-6-8(16)2-4-12(10)22/h1-6,21-22H,(H,17,18)(H,19,20). The fourth-order valence-electron chi connectivity index (χ4n) is 1.90. The van der Waals surface area contributed by atoms with Crippen molar-refractivity contribution >= 4 is 34.9 Å². The number of nitrogens with zero attached hydrogens (tertiary/aromatic N) is 2. The maximum Gasteiger partial charge on any atom is 0.177 e. The van der Waals surface area contributed by atoms with Crippen molar-refractivity contribution in [2.24, 2.45) is 10.2 Å². The molecule has 0 atom stereocenters. The van der Waals surface area contributed by atoms with Gasteiger partial charge in [-0.25, -0.2) is 0 Å². The van der Waals surface area contributed by atoms with Gasteiger partial charge in [0, 0.05) is 10.0 Å². The molecule has 0 bridgehead atoms. The number of halogens is 2. The highest BCUT2D eigenvalue weighted by molar-refractivity contribution is 6.31. The Hall–Kier alpha value is -2.44. The lowest BCUT2D eigenvalue weighted by atomic mass is 10.1. The number of phenolic OH excluding ortho intramolecular Hbond substituents is 2. The number of phenols is 2. The third kappa shape index (κ3) is 2.79. The van der Waals surface area contributed by atoms with Crippen LogP contribution in [0.1, 0.15) is 11.1 Å². The number of hydrogen-bond donors (Lipinski definition) is 4. The number of hydrogen-bond acceptors (Lipinski definition) is 6. The van der Waals surface area contributed by atoms with Crippen LogP contribution < -0.4 is 10.9 Å². The summed E-state index contributed by atoms with van der Waals surface area (Å²) in [5.74, 6) is 0.624. The Labute approximate surface area is 135 Å². The van der Waals surface area contributed by atoms with Crippen LogP contribution in [0, 0.1) is 0 Å². The number of amidine groups is 2. The van der Waals surface area contributed by atoms with E-state index in [1.807, 2.05) is 0 Å². The molecule has 2 aromatic carbocycles. The van der Waals surface area contributed by atoms with Crippen LogP contribution in [0.2, 0.25) is 10.0 Å². The normalized spacial score (nSPS) is 13.7. The number of benzene rings is 2. The van der Waals surface area contributed by atoms with Crippen molar-refractivity contribution in [3.63, 3.8) is 0 Å². The van der Waals surface area contributed by atoms with E-state index in [-0.39, 0.29) is 11.5 Å². The Morgan fingerprint density at radius 1 is 0.727 bits per heavy atom. The zero-order valence-corrected chi connectivity index (χ0v) is 12.5. The highest BCUT2D eigenvalue weighted by Crippen LogP contribution is 2.24. The summed E-state index contributed by atoms with van der Waals surface area (Å²) in [6.45, 7) is 0. The molecule has 6 nitrogen and oxygen atoms in total. The van der Waals surface area contributed by atoms with E-state index < -0.39 is 0 Å². The lowest BCUT2D eigenvalue weighted by molar-refractivity contribution is 0.472. The summed E-state index contributed by atoms with van der Waals surface area (Å²) in [6.07, 6.45) is 0. The first-order valence-electron chi connectivity index (χ1n) is 6.20. The lowest BCUT2D eigenvalue weighted by Crippen LogP contribution is -2.34. The molecule has 22 heavy (non-hydrogen) atoms. The Morgan fingerprint density at radius 2 is 1.14 bits per heavy atom. The van der Waals surface area contributed by atoms with Crippen LogP contribution >= 0.6 is 23.2 Å². The highest BCUT2D eigenvalue weighted by atomic mass is 35.5. The zero-order chi connectivity index (χ0) is 15.7. The fraction of sp³-hybridized carbons (Fsp3) is 0. The molecule has 0 aromatic heterocycles. The highest BCUT2D eigenvalue weighted by Gasteiger charge is 2.17. The molecule has 1 aliphatic rings. The Kier molecular flexibility index (Phi) is 3.79. The fourth-order valence-corrected chi connectivity index (χ4v) is 2.25. The van der Waals surface area contributed by atoms with Gasteiger partial charge in [-0.2, -0.15) is 10.2 Å². The third-order valence-corrected chi connectivity index (χ3v) is 3.44. The van der Waals surface area contributed by atoms with E-state index >= 15 is 0 Å². The summed E-state index contributed by atoms with van der Waals surface area (Å²) in [7, 11) is 0. The van der Waals surface area contributed by atoms with Crippen LogP contribution in [0.5, 0.6) is 11.5 Å². The quantitative estimate of drug-likeness (QED) is 0.678. The lowest BCUT2D eigenvalue weighted by Gasteiger charge is -2.16. The van der Waals surface area contributed by atoms with E-state index in [1.54, 1.807) is 24.3 Å². The third-order valence-electron chi connectivity index (χ3n) is 2.97. The maximum atomic E-state index is 9.84. The van der Waals surface area contributed by atoms with Gasteiger partial charge in [-0.1, -0.05) is 23.2 Å². The van der Waals surface area contributed by atoms with Gasteiger partial charge in [-0.15, -0.1) is 0 Å². The van der Waals surface area contributed by atoms with Crippen molar-refractivity contribution in [2.75, 3.05) is 0 Å². The van der Waals surface area contributed by atoms with Crippen molar-refractivity contribution in [1.29, 1.82) is 0 Å². The van der Waals surface area contributed by atoms with E-state index in [9.17, 15) is 10.2 Å². The molecule has 8 heteroatoms. The molecule has 0 fully saturated rings. The minimum absolute atomic E-state index is 0.0155. The van der Waals surface area contributed by atoms with E-state index in [0.29, 0.717) is 32.8 Å². The van der Waals surface area contributed by atoms with Crippen molar-refractivity contribution in [3.05, 3.63) is 57.6 Å².